The molecule has 5 nitrogen and oxygen atoms in total. The molecule has 0 spiro atoms. The molecule has 1 amide bonds. The van der Waals surface area contributed by atoms with E-state index in [1.165, 1.54) is 7.11 Å². The third-order valence-corrected chi connectivity index (χ3v) is 5.97. The zero-order valence-corrected chi connectivity index (χ0v) is 13.8. The molecule has 2 bridgehead atoms. The van der Waals surface area contributed by atoms with Gasteiger partial charge in [0.2, 0.25) is 5.91 Å². The van der Waals surface area contributed by atoms with Crippen LogP contribution in [-0.2, 0) is 14.3 Å². The molecule has 0 radical (unpaired) electrons. The molecule has 2 aliphatic carbocycles. The van der Waals surface area contributed by atoms with Gasteiger partial charge in [-0.1, -0.05) is 5.92 Å². The van der Waals surface area contributed by atoms with Crippen LogP contribution < -0.4 is 5.32 Å². The van der Waals surface area contributed by atoms with E-state index in [0.717, 1.165) is 45.2 Å². The number of amides is 1. The lowest BCUT2D eigenvalue weighted by Crippen LogP contribution is -2.50. The number of rotatable bonds is 4. The lowest BCUT2D eigenvalue weighted by atomic mass is 9.83. The number of carbonyl (C=O) groups is 2. The van der Waals surface area contributed by atoms with Crippen LogP contribution in [0.2, 0.25) is 0 Å². The maximum Gasteiger partial charge on any atom is 0.311 e. The van der Waals surface area contributed by atoms with Crippen LogP contribution in [0.25, 0.3) is 0 Å². The molecule has 126 valence electrons. The number of likely N-dealkylation sites (tertiary alicyclic amines) is 1. The van der Waals surface area contributed by atoms with Gasteiger partial charge in [0.05, 0.1) is 19.6 Å². The van der Waals surface area contributed by atoms with Crippen molar-refractivity contribution in [1.82, 2.24) is 10.2 Å². The maximum absolute atomic E-state index is 12.6. The Morgan fingerprint density at radius 3 is 2.57 bits per heavy atom. The number of esters is 1. The number of piperidine rings is 1. The average molecular weight is 318 g/mol. The number of hydrogen-bond donors (Lipinski definition) is 1. The van der Waals surface area contributed by atoms with Crippen LogP contribution in [0.3, 0.4) is 0 Å². The SMILES string of the molecule is C#CCN1CCC(C(=O)N[C@H]2[C@H]3CC[C@@H](C3)[C@@H]2C(=O)OC)CC1. The van der Waals surface area contributed by atoms with Crippen LogP contribution in [0, 0.1) is 36.0 Å². The first-order chi connectivity index (χ1) is 11.1. The first-order valence-electron chi connectivity index (χ1n) is 8.68. The molecule has 1 heterocycles. The van der Waals surface area contributed by atoms with Crippen molar-refractivity contribution >= 4 is 11.9 Å². The molecule has 4 atom stereocenters. The Bertz CT molecular complexity index is 505. The van der Waals surface area contributed by atoms with E-state index in [1.807, 2.05) is 0 Å². The van der Waals surface area contributed by atoms with Gasteiger partial charge in [-0.15, -0.1) is 6.42 Å². The number of terminal acetylenes is 1. The van der Waals surface area contributed by atoms with E-state index in [-0.39, 0.29) is 29.8 Å². The molecule has 3 rings (SSSR count). The minimum atomic E-state index is -0.161. The minimum Gasteiger partial charge on any atom is -0.469 e. The second-order valence-corrected chi connectivity index (χ2v) is 7.17. The Labute approximate surface area is 138 Å². The lowest BCUT2D eigenvalue weighted by Gasteiger charge is -2.34. The fraction of sp³-hybridized carbons (Fsp3) is 0.778. The summed E-state index contributed by atoms with van der Waals surface area (Å²) in [7, 11) is 1.44. The summed E-state index contributed by atoms with van der Waals surface area (Å²) in [6, 6.07) is -0.0301. The first-order valence-corrected chi connectivity index (χ1v) is 8.68. The van der Waals surface area contributed by atoms with Gasteiger partial charge in [-0.2, -0.15) is 0 Å². The molecule has 0 unspecified atom stereocenters. The number of carbonyl (C=O) groups excluding carboxylic acids is 2. The molecule has 1 aliphatic heterocycles. The van der Waals surface area contributed by atoms with Crippen LogP contribution in [0.15, 0.2) is 0 Å². The van der Waals surface area contributed by atoms with Crippen molar-refractivity contribution in [2.75, 3.05) is 26.7 Å². The molecule has 3 aliphatic rings. The van der Waals surface area contributed by atoms with E-state index in [1.54, 1.807) is 0 Å². The number of nitrogens with zero attached hydrogens (tertiary/aromatic N) is 1. The van der Waals surface area contributed by atoms with Crippen molar-refractivity contribution in [3.63, 3.8) is 0 Å². The molecule has 2 saturated carbocycles. The number of hydrogen-bond acceptors (Lipinski definition) is 4. The molecule has 1 N–H and O–H groups in total. The van der Waals surface area contributed by atoms with E-state index < -0.39 is 0 Å². The van der Waals surface area contributed by atoms with E-state index in [2.05, 4.69) is 16.1 Å². The van der Waals surface area contributed by atoms with E-state index >= 15 is 0 Å². The number of ether oxygens (including phenoxy) is 1. The largest absolute Gasteiger partial charge is 0.469 e. The highest BCUT2D eigenvalue weighted by Gasteiger charge is 2.52. The predicted octanol–water partition coefficient (Wildman–Crippen LogP) is 1.04. The van der Waals surface area contributed by atoms with Crippen molar-refractivity contribution in [1.29, 1.82) is 0 Å². The van der Waals surface area contributed by atoms with Crippen LogP contribution >= 0.6 is 0 Å². The maximum atomic E-state index is 12.6. The fourth-order valence-corrected chi connectivity index (χ4v) is 4.74. The number of fused-ring (bicyclic) bond motifs is 2. The summed E-state index contributed by atoms with van der Waals surface area (Å²) in [6.07, 6.45) is 10.3. The number of nitrogens with one attached hydrogen (secondary N) is 1. The van der Waals surface area contributed by atoms with E-state index in [0.29, 0.717) is 18.4 Å². The Morgan fingerprint density at radius 1 is 1.22 bits per heavy atom. The molecule has 0 aromatic carbocycles. The second kappa shape index (κ2) is 6.92. The second-order valence-electron chi connectivity index (χ2n) is 7.17. The Kier molecular flexibility index (Phi) is 4.91. The highest BCUT2D eigenvalue weighted by atomic mass is 16.5. The molecule has 5 heteroatoms. The topological polar surface area (TPSA) is 58.6 Å². The standard InChI is InChI=1S/C18H26N2O3/c1-3-8-20-9-6-12(7-10-20)17(21)19-16-14-5-4-13(11-14)15(16)18(22)23-2/h1,12-16H,4-11H2,2H3,(H,19,21)/t13-,14-,15-,16-/m0/s1. The van der Waals surface area contributed by atoms with E-state index in [4.69, 9.17) is 11.2 Å². The van der Waals surface area contributed by atoms with Crippen LogP contribution in [0.4, 0.5) is 0 Å². The van der Waals surface area contributed by atoms with Crippen LogP contribution in [0.5, 0.6) is 0 Å². The molecular weight excluding hydrogens is 292 g/mol. The normalized spacial score (nSPS) is 34.1. The van der Waals surface area contributed by atoms with Gasteiger partial charge in [0, 0.05) is 12.0 Å². The lowest BCUT2D eigenvalue weighted by molar-refractivity contribution is -0.148. The minimum absolute atomic E-state index is 0.0301. The van der Waals surface area contributed by atoms with Gasteiger partial charge < -0.3 is 10.1 Å². The third kappa shape index (κ3) is 3.23. The molecule has 0 aromatic rings. The van der Waals surface area contributed by atoms with Gasteiger partial charge in [0.15, 0.2) is 0 Å². The molecule has 3 fully saturated rings. The van der Waals surface area contributed by atoms with Crippen molar-refractivity contribution in [2.45, 2.75) is 38.1 Å². The zero-order chi connectivity index (χ0) is 16.4. The van der Waals surface area contributed by atoms with Crippen molar-refractivity contribution in [3.8, 4) is 12.3 Å². The van der Waals surface area contributed by atoms with Crippen molar-refractivity contribution in [2.24, 2.45) is 23.7 Å². The van der Waals surface area contributed by atoms with Gasteiger partial charge in [-0.25, -0.2) is 0 Å². The van der Waals surface area contributed by atoms with Crippen LogP contribution in [0.1, 0.15) is 32.1 Å². The average Bonchev–Trinajstić information content (AvgIpc) is 3.16. The monoisotopic (exact) mass is 318 g/mol. The van der Waals surface area contributed by atoms with Gasteiger partial charge >= 0.3 is 5.97 Å². The molecule has 23 heavy (non-hydrogen) atoms. The Morgan fingerprint density at radius 2 is 1.91 bits per heavy atom. The smallest absolute Gasteiger partial charge is 0.311 e. The highest BCUT2D eigenvalue weighted by molar-refractivity contribution is 5.81. The van der Waals surface area contributed by atoms with Crippen molar-refractivity contribution < 1.29 is 14.3 Å². The summed E-state index contributed by atoms with van der Waals surface area (Å²) in [5.74, 6) is 3.32. The van der Waals surface area contributed by atoms with Gasteiger partial charge in [0.1, 0.15) is 0 Å². The summed E-state index contributed by atoms with van der Waals surface area (Å²) in [5, 5.41) is 3.19. The summed E-state index contributed by atoms with van der Waals surface area (Å²) < 4.78 is 4.97. The highest BCUT2D eigenvalue weighted by Crippen LogP contribution is 2.49. The quantitative estimate of drug-likeness (QED) is 0.621. The third-order valence-electron chi connectivity index (χ3n) is 5.97. The fourth-order valence-electron chi connectivity index (χ4n) is 4.74. The first kappa shape index (κ1) is 16.3. The van der Waals surface area contributed by atoms with Gasteiger partial charge in [-0.05, 0) is 57.0 Å². The van der Waals surface area contributed by atoms with Crippen LogP contribution in [-0.4, -0.2) is 49.6 Å². The Balaban J connectivity index is 1.57. The predicted molar refractivity (Wildman–Crippen MR) is 86.3 cm³/mol. The van der Waals surface area contributed by atoms with E-state index in [9.17, 15) is 9.59 Å². The molecule has 0 aromatic heterocycles. The molecule has 1 saturated heterocycles. The zero-order valence-electron chi connectivity index (χ0n) is 13.8. The summed E-state index contributed by atoms with van der Waals surface area (Å²) in [5.41, 5.74) is 0. The molecular formula is C18H26N2O3. The Hall–Kier alpha value is -1.54. The van der Waals surface area contributed by atoms with Gasteiger partial charge in [0.25, 0.3) is 0 Å². The summed E-state index contributed by atoms with van der Waals surface area (Å²) in [4.78, 5) is 26.9. The van der Waals surface area contributed by atoms with Crippen molar-refractivity contribution in [3.05, 3.63) is 0 Å². The summed E-state index contributed by atoms with van der Waals surface area (Å²) >= 11 is 0. The van der Waals surface area contributed by atoms with Gasteiger partial charge in [-0.3, -0.25) is 14.5 Å². The summed E-state index contributed by atoms with van der Waals surface area (Å²) in [6.45, 7) is 2.41. The number of methoxy groups -OCH3 is 1.